The first-order valence-corrected chi connectivity index (χ1v) is 5.63. The summed E-state index contributed by atoms with van der Waals surface area (Å²) in [7, 11) is 1.91. The van der Waals surface area contributed by atoms with E-state index in [-0.39, 0.29) is 0 Å². The number of amidine groups is 1. The molecule has 0 saturated carbocycles. The molecule has 0 bridgehead atoms. The highest BCUT2D eigenvalue weighted by Crippen LogP contribution is 2.23. The van der Waals surface area contributed by atoms with Gasteiger partial charge in [0.15, 0.2) is 0 Å². The Bertz CT molecular complexity index is 570. The normalized spacial score (nSPS) is 14.2. The number of hydrogen-bond acceptors (Lipinski definition) is 2. The highest BCUT2D eigenvalue weighted by Gasteiger charge is 2.23. The fourth-order valence-electron chi connectivity index (χ4n) is 2.25. The molecule has 86 valence electrons. The zero-order valence-corrected chi connectivity index (χ0v) is 9.72. The third-order valence-electron chi connectivity index (χ3n) is 3.08. The van der Waals surface area contributed by atoms with Crippen LogP contribution in [0.5, 0.6) is 0 Å². The van der Waals surface area contributed by atoms with Crippen molar-refractivity contribution >= 4 is 5.84 Å². The maximum atomic E-state index is 8.14. The third kappa shape index (κ3) is 1.71. The zero-order valence-electron chi connectivity index (χ0n) is 9.72. The molecule has 3 rings (SSSR count). The predicted molar refractivity (Wildman–Crippen MR) is 65.7 cm³/mol. The van der Waals surface area contributed by atoms with Gasteiger partial charge in [-0.1, -0.05) is 24.3 Å². The molecule has 2 aromatic rings. The lowest BCUT2D eigenvalue weighted by molar-refractivity contribution is 0.422. The Morgan fingerprint density at radius 3 is 2.88 bits per heavy atom. The Hall–Kier alpha value is -2.10. The summed E-state index contributed by atoms with van der Waals surface area (Å²) in [6.07, 6.45) is 3.85. The van der Waals surface area contributed by atoms with Gasteiger partial charge in [-0.2, -0.15) is 5.10 Å². The second-order valence-corrected chi connectivity index (χ2v) is 4.38. The van der Waals surface area contributed by atoms with Gasteiger partial charge in [0.05, 0.1) is 6.20 Å². The molecule has 4 heteroatoms. The molecule has 4 nitrogen and oxygen atoms in total. The van der Waals surface area contributed by atoms with Crippen molar-refractivity contribution in [2.24, 2.45) is 7.05 Å². The SMILES string of the molecule is Cn1cc(CN2Cc3ccccc3C2=N)cn1. The standard InChI is InChI=1S/C13H14N4/c1-16-7-10(6-15-16)8-17-9-11-4-2-3-5-12(11)13(17)14/h2-7,14H,8-9H2,1H3. The van der Waals surface area contributed by atoms with E-state index in [0.717, 1.165) is 24.2 Å². The van der Waals surface area contributed by atoms with Crippen molar-refractivity contribution in [1.29, 1.82) is 5.41 Å². The van der Waals surface area contributed by atoms with Gasteiger partial charge in [0, 0.05) is 37.5 Å². The number of fused-ring (bicyclic) bond motifs is 1. The van der Waals surface area contributed by atoms with E-state index in [9.17, 15) is 0 Å². The van der Waals surface area contributed by atoms with E-state index in [4.69, 9.17) is 5.41 Å². The van der Waals surface area contributed by atoms with Crippen LogP contribution >= 0.6 is 0 Å². The van der Waals surface area contributed by atoms with E-state index in [1.165, 1.54) is 5.56 Å². The number of aryl methyl sites for hydroxylation is 1. The summed E-state index contributed by atoms with van der Waals surface area (Å²) in [6.45, 7) is 1.57. The molecular weight excluding hydrogens is 212 g/mol. The Morgan fingerprint density at radius 1 is 1.35 bits per heavy atom. The molecule has 1 N–H and O–H groups in total. The number of rotatable bonds is 2. The maximum absolute atomic E-state index is 8.14. The van der Waals surface area contributed by atoms with Crippen LogP contribution in [0, 0.1) is 5.41 Å². The van der Waals surface area contributed by atoms with Crippen LogP contribution in [0.2, 0.25) is 0 Å². The summed E-state index contributed by atoms with van der Waals surface area (Å²) in [5, 5.41) is 12.3. The summed E-state index contributed by atoms with van der Waals surface area (Å²) in [6, 6.07) is 8.12. The van der Waals surface area contributed by atoms with E-state index < -0.39 is 0 Å². The van der Waals surface area contributed by atoms with Crippen molar-refractivity contribution in [3.8, 4) is 0 Å². The first-order valence-electron chi connectivity index (χ1n) is 5.63. The van der Waals surface area contributed by atoms with Gasteiger partial charge in [-0.25, -0.2) is 0 Å². The lowest BCUT2D eigenvalue weighted by Gasteiger charge is -2.16. The van der Waals surface area contributed by atoms with Crippen LogP contribution in [0.15, 0.2) is 36.7 Å². The molecule has 2 heterocycles. The summed E-state index contributed by atoms with van der Waals surface area (Å²) >= 11 is 0. The minimum atomic E-state index is 0.615. The molecule has 1 aromatic heterocycles. The molecular formula is C13H14N4. The first-order chi connectivity index (χ1) is 8.24. The Balaban J connectivity index is 1.82. The van der Waals surface area contributed by atoms with Gasteiger partial charge in [-0.05, 0) is 5.56 Å². The number of hydrogen-bond donors (Lipinski definition) is 1. The fourth-order valence-corrected chi connectivity index (χ4v) is 2.25. The maximum Gasteiger partial charge on any atom is 0.129 e. The van der Waals surface area contributed by atoms with Crippen molar-refractivity contribution in [2.75, 3.05) is 0 Å². The van der Waals surface area contributed by atoms with Gasteiger partial charge < -0.3 is 4.90 Å². The van der Waals surface area contributed by atoms with Crippen LogP contribution in [0.1, 0.15) is 16.7 Å². The molecule has 1 aliphatic rings. The second-order valence-electron chi connectivity index (χ2n) is 4.38. The molecule has 1 aromatic carbocycles. The van der Waals surface area contributed by atoms with Crippen molar-refractivity contribution in [1.82, 2.24) is 14.7 Å². The van der Waals surface area contributed by atoms with Crippen LogP contribution in [0.25, 0.3) is 0 Å². The number of nitrogens with zero attached hydrogens (tertiary/aromatic N) is 3. The van der Waals surface area contributed by atoms with E-state index in [0.29, 0.717) is 5.84 Å². The van der Waals surface area contributed by atoms with Gasteiger partial charge in [0.1, 0.15) is 5.84 Å². The number of aromatic nitrogens is 2. The van der Waals surface area contributed by atoms with Crippen LogP contribution in [0.3, 0.4) is 0 Å². The summed E-state index contributed by atoms with van der Waals surface area (Å²) in [5.74, 6) is 0.615. The lowest BCUT2D eigenvalue weighted by Crippen LogP contribution is -2.23. The molecule has 0 radical (unpaired) electrons. The monoisotopic (exact) mass is 226 g/mol. The van der Waals surface area contributed by atoms with Crippen molar-refractivity contribution < 1.29 is 0 Å². The summed E-state index contributed by atoms with van der Waals surface area (Å²) in [5.41, 5.74) is 3.43. The van der Waals surface area contributed by atoms with Crippen molar-refractivity contribution in [3.63, 3.8) is 0 Å². The minimum absolute atomic E-state index is 0.615. The Kier molecular flexibility index (Phi) is 2.21. The molecule has 0 atom stereocenters. The Labute approximate surface area is 100.0 Å². The van der Waals surface area contributed by atoms with Gasteiger partial charge in [-0.3, -0.25) is 10.1 Å². The average Bonchev–Trinajstić information content (AvgIpc) is 2.86. The van der Waals surface area contributed by atoms with E-state index >= 15 is 0 Å². The van der Waals surface area contributed by atoms with Crippen LogP contribution < -0.4 is 0 Å². The van der Waals surface area contributed by atoms with E-state index in [2.05, 4.69) is 16.1 Å². The molecule has 0 fully saturated rings. The average molecular weight is 226 g/mol. The number of nitrogens with one attached hydrogen (secondary N) is 1. The fraction of sp³-hybridized carbons (Fsp3) is 0.231. The van der Waals surface area contributed by atoms with Crippen molar-refractivity contribution in [2.45, 2.75) is 13.1 Å². The quantitative estimate of drug-likeness (QED) is 0.848. The smallest absolute Gasteiger partial charge is 0.129 e. The second kappa shape index (κ2) is 3.73. The predicted octanol–water partition coefficient (Wildman–Crippen LogP) is 1.76. The van der Waals surface area contributed by atoms with Crippen LogP contribution in [0.4, 0.5) is 0 Å². The highest BCUT2D eigenvalue weighted by molar-refractivity contribution is 6.00. The van der Waals surface area contributed by atoms with Crippen LogP contribution in [-0.2, 0) is 20.1 Å². The lowest BCUT2D eigenvalue weighted by atomic mass is 10.1. The van der Waals surface area contributed by atoms with E-state index in [1.807, 2.05) is 37.6 Å². The number of benzene rings is 1. The third-order valence-corrected chi connectivity index (χ3v) is 3.08. The van der Waals surface area contributed by atoms with E-state index in [1.54, 1.807) is 4.68 Å². The van der Waals surface area contributed by atoms with Crippen molar-refractivity contribution in [3.05, 3.63) is 53.3 Å². The Morgan fingerprint density at radius 2 is 2.18 bits per heavy atom. The molecule has 0 amide bonds. The van der Waals surface area contributed by atoms with Crippen LogP contribution in [-0.4, -0.2) is 20.5 Å². The van der Waals surface area contributed by atoms with Gasteiger partial charge >= 0.3 is 0 Å². The van der Waals surface area contributed by atoms with Gasteiger partial charge in [0.2, 0.25) is 0 Å². The zero-order chi connectivity index (χ0) is 11.8. The molecule has 1 aliphatic heterocycles. The highest BCUT2D eigenvalue weighted by atomic mass is 15.2. The molecule has 17 heavy (non-hydrogen) atoms. The molecule has 0 spiro atoms. The molecule has 0 saturated heterocycles. The molecule has 0 unspecified atom stereocenters. The topological polar surface area (TPSA) is 44.9 Å². The first kappa shape index (κ1) is 10.1. The minimum Gasteiger partial charge on any atom is -0.348 e. The summed E-state index contributed by atoms with van der Waals surface area (Å²) in [4.78, 5) is 2.07. The largest absolute Gasteiger partial charge is 0.348 e. The van der Waals surface area contributed by atoms with Gasteiger partial charge in [0.25, 0.3) is 0 Å². The molecule has 0 aliphatic carbocycles. The summed E-state index contributed by atoms with van der Waals surface area (Å²) < 4.78 is 1.79. The van der Waals surface area contributed by atoms with Gasteiger partial charge in [-0.15, -0.1) is 0 Å².